The van der Waals surface area contributed by atoms with Crippen molar-refractivity contribution in [3.63, 3.8) is 0 Å². The van der Waals surface area contributed by atoms with Gasteiger partial charge in [0.15, 0.2) is 0 Å². The fourth-order valence-corrected chi connectivity index (χ4v) is 3.96. The molecular formula is C24H30ClNO. The lowest BCUT2D eigenvalue weighted by Gasteiger charge is -2.26. The lowest BCUT2D eigenvalue weighted by atomic mass is 9.96. The molecule has 0 saturated carbocycles. The number of benzene rings is 3. The molecule has 3 aromatic rings. The van der Waals surface area contributed by atoms with Crippen molar-refractivity contribution < 1.29 is 5.11 Å². The Morgan fingerprint density at radius 2 is 1.52 bits per heavy atom. The maximum absolute atomic E-state index is 11.1. The van der Waals surface area contributed by atoms with Crippen molar-refractivity contribution in [2.24, 2.45) is 0 Å². The number of hydrogen-bond donors (Lipinski definition) is 1. The van der Waals surface area contributed by atoms with Crippen molar-refractivity contribution in [3.8, 4) is 0 Å². The van der Waals surface area contributed by atoms with Crippen LogP contribution in [0.15, 0.2) is 48.5 Å². The van der Waals surface area contributed by atoms with E-state index < -0.39 is 6.10 Å². The third-order valence-corrected chi connectivity index (χ3v) is 5.48. The van der Waals surface area contributed by atoms with Crippen molar-refractivity contribution in [1.29, 1.82) is 0 Å². The highest BCUT2D eigenvalue weighted by Gasteiger charge is 2.17. The van der Waals surface area contributed by atoms with Crippen LogP contribution in [0.25, 0.3) is 21.5 Å². The molecule has 0 spiro atoms. The van der Waals surface area contributed by atoms with E-state index in [1.54, 1.807) is 0 Å². The highest BCUT2D eigenvalue weighted by Crippen LogP contribution is 2.32. The Morgan fingerprint density at radius 1 is 0.889 bits per heavy atom. The summed E-state index contributed by atoms with van der Waals surface area (Å²) in [6, 6.07) is 16.6. The van der Waals surface area contributed by atoms with Crippen LogP contribution >= 0.6 is 11.6 Å². The molecular weight excluding hydrogens is 354 g/mol. The highest BCUT2D eigenvalue weighted by molar-refractivity contribution is 6.31. The molecule has 3 aromatic carbocycles. The van der Waals surface area contributed by atoms with E-state index in [4.69, 9.17) is 11.6 Å². The number of hydrogen-bond acceptors (Lipinski definition) is 2. The van der Waals surface area contributed by atoms with Crippen LogP contribution in [0.4, 0.5) is 0 Å². The summed E-state index contributed by atoms with van der Waals surface area (Å²) in [5.41, 5.74) is 0.932. The standard InChI is InChI=1S/C24H30ClNO/c1-3-5-11-26(12-6-4-2)17-24(27)23-16-21(25)14-20-13-18-9-7-8-10-19(18)15-22(20)23/h7-10,13-16,24,27H,3-6,11-12,17H2,1-2H3. The minimum Gasteiger partial charge on any atom is -0.387 e. The zero-order valence-corrected chi connectivity index (χ0v) is 17.2. The number of aliphatic hydroxyl groups excluding tert-OH is 1. The molecule has 1 N–H and O–H groups in total. The third-order valence-electron chi connectivity index (χ3n) is 5.26. The summed E-state index contributed by atoms with van der Waals surface area (Å²) in [7, 11) is 0. The van der Waals surface area contributed by atoms with Crippen LogP contribution < -0.4 is 0 Å². The Bertz CT molecular complexity index is 884. The molecule has 3 rings (SSSR count). The van der Waals surface area contributed by atoms with Gasteiger partial charge in [0.2, 0.25) is 0 Å². The van der Waals surface area contributed by atoms with Crippen molar-refractivity contribution in [1.82, 2.24) is 4.90 Å². The highest BCUT2D eigenvalue weighted by atomic mass is 35.5. The molecule has 144 valence electrons. The number of halogens is 1. The Labute approximate surface area is 167 Å². The summed E-state index contributed by atoms with van der Waals surface area (Å²) >= 11 is 6.40. The predicted molar refractivity (Wildman–Crippen MR) is 118 cm³/mol. The molecule has 0 aliphatic carbocycles. The van der Waals surface area contributed by atoms with Gasteiger partial charge < -0.3 is 10.0 Å². The van der Waals surface area contributed by atoms with Crippen LogP contribution in [0.3, 0.4) is 0 Å². The van der Waals surface area contributed by atoms with E-state index in [-0.39, 0.29) is 0 Å². The van der Waals surface area contributed by atoms with Crippen LogP contribution in [-0.2, 0) is 0 Å². The van der Waals surface area contributed by atoms with E-state index in [0.717, 1.165) is 42.3 Å². The quantitative estimate of drug-likeness (QED) is 0.421. The summed E-state index contributed by atoms with van der Waals surface area (Å²) in [5.74, 6) is 0. The number of unbranched alkanes of at least 4 members (excludes halogenated alkanes) is 2. The lowest BCUT2D eigenvalue weighted by Crippen LogP contribution is -2.30. The van der Waals surface area contributed by atoms with E-state index in [1.165, 1.54) is 23.6 Å². The monoisotopic (exact) mass is 383 g/mol. The SMILES string of the molecule is CCCCN(CCCC)CC(O)c1cc(Cl)cc2cc3ccccc3cc12. The minimum atomic E-state index is -0.541. The molecule has 0 fully saturated rings. The smallest absolute Gasteiger partial charge is 0.0923 e. The Kier molecular flexibility index (Phi) is 7.12. The van der Waals surface area contributed by atoms with Crippen molar-refractivity contribution >= 4 is 33.1 Å². The fraction of sp³-hybridized carbons (Fsp3) is 0.417. The van der Waals surface area contributed by atoms with Crippen molar-refractivity contribution in [2.45, 2.75) is 45.6 Å². The average molecular weight is 384 g/mol. The van der Waals surface area contributed by atoms with Gasteiger partial charge in [-0.2, -0.15) is 0 Å². The van der Waals surface area contributed by atoms with Crippen LogP contribution in [0.5, 0.6) is 0 Å². The molecule has 0 aliphatic heterocycles. The van der Waals surface area contributed by atoms with Gasteiger partial charge in [-0.3, -0.25) is 0 Å². The minimum absolute atomic E-state index is 0.541. The van der Waals surface area contributed by atoms with Gasteiger partial charge in [0, 0.05) is 11.6 Å². The fourth-order valence-electron chi connectivity index (χ4n) is 3.72. The molecule has 27 heavy (non-hydrogen) atoms. The first kappa shape index (κ1) is 20.1. The summed E-state index contributed by atoms with van der Waals surface area (Å²) in [6.07, 6.45) is 4.13. The first-order valence-electron chi connectivity index (χ1n) is 10.1. The molecule has 0 saturated heterocycles. The van der Waals surface area contributed by atoms with Crippen LogP contribution in [0.2, 0.25) is 5.02 Å². The second kappa shape index (κ2) is 9.54. The molecule has 0 bridgehead atoms. The van der Waals surface area contributed by atoms with Gasteiger partial charge in [-0.05, 0) is 77.3 Å². The van der Waals surface area contributed by atoms with E-state index in [2.05, 4.69) is 49.1 Å². The molecule has 0 amide bonds. The zero-order chi connectivity index (χ0) is 19.2. The number of fused-ring (bicyclic) bond motifs is 2. The van der Waals surface area contributed by atoms with Gasteiger partial charge in [0.1, 0.15) is 0 Å². The van der Waals surface area contributed by atoms with Gasteiger partial charge in [0.05, 0.1) is 6.10 Å². The molecule has 1 atom stereocenters. The van der Waals surface area contributed by atoms with E-state index in [1.807, 2.05) is 18.2 Å². The number of aliphatic hydroxyl groups is 1. The third kappa shape index (κ3) is 5.01. The maximum atomic E-state index is 11.1. The molecule has 1 unspecified atom stereocenters. The summed E-state index contributed by atoms with van der Waals surface area (Å²) in [6.45, 7) is 7.15. The van der Waals surface area contributed by atoms with Crippen LogP contribution in [0.1, 0.15) is 51.2 Å². The first-order valence-corrected chi connectivity index (χ1v) is 10.5. The van der Waals surface area contributed by atoms with Gasteiger partial charge in [-0.1, -0.05) is 62.6 Å². The topological polar surface area (TPSA) is 23.5 Å². The Morgan fingerprint density at radius 3 is 2.15 bits per heavy atom. The molecule has 0 radical (unpaired) electrons. The second-order valence-corrected chi connectivity index (χ2v) is 7.88. The van der Waals surface area contributed by atoms with Crippen LogP contribution in [-0.4, -0.2) is 29.6 Å². The Balaban J connectivity index is 1.94. The van der Waals surface area contributed by atoms with Gasteiger partial charge in [-0.15, -0.1) is 0 Å². The van der Waals surface area contributed by atoms with Gasteiger partial charge in [0.25, 0.3) is 0 Å². The number of rotatable bonds is 9. The first-order chi connectivity index (χ1) is 13.1. The Hall–Kier alpha value is -1.61. The number of nitrogens with zero attached hydrogens (tertiary/aromatic N) is 1. The van der Waals surface area contributed by atoms with E-state index in [9.17, 15) is 5.11 Å². The van der Waals surface area contributed by atoms with Crippen molar-refractivity contribution in [3.05, 3.63) is 59.1 Å². The normalized spacial score (nSPS) is 12.9. The molecule has 0 aromatic heterocycles. The maximum Gasteiger partial charge on any atom is 0.0923 e. The molecule has 3 heteroatoms. The second-order valence-electron chi connectivity index (χ2n) is 7.44. The predicted octanol–water partition coefficient (Wildman–Crippen LogP) is 6.58. The summed E-state index contributed by atoms with van der Waals surface area (Å²) < 4.78 is 0. The van der Waals surface area contributed by atoms with E-state index >= 15 is 0 Å². The van der Waals surface area contributed by atoms with E-state index in [0.29, 0.717) is 11.6 Å². The molecule has 0 heterocycles. The summed E-state index contributed by atoms with van der Waals surface area (Å²) in [5, 5.41) is 16.3. The molecule has 2 nitrogen and oxygen atoms in total. The van der Waals surface area contributed by atoms with Crippen LogP contribution in [0, 0.1) is 0 Å². The largest absolute Gasteiger partial charge is 0.387 e. The molecule has 0 aliphatic rings. The zero-order valence-electron chi connectivity index (χ0n) is 16.4. The summed E-state index contributed by atoms with van der Waals surface area (Å²) in [4.78, 5) is 2.39. The lowest BCUT2D eigenvalue weighted by molar-refractivity contribution is 0.112. The van der Waals surface area contributed by atoms with Gasteiger partial charge in [-0.25, -0.2) is 0 Å². The van der Waals surface area contributed by atoms with Gasteiger partial charge >= 0.3 is 0 Å². The average Bonchev–Trinajstić information content (AvgIpc) is 2.67. The van der Waals surface area contributed by atoms with Crippen molar-refractivity contribution in [2.75, 3.05) is 19.6 Å².